The second-order valence-corrected chi connectivity index (χ2v) is 4.00. The van der Waals surface area contributed by atoms with Gasteiger partial charge in [-0.25, -0.2) is 0 Å². The van der Waals surface area contributed by atoms with Gasteiger partial charge in [-0.2, -0.15) is 0 Å². The van der Waals surface area contributed by atoms with Crippen LogP contribution in [0.2, 0.25) is 5.02 Å². The summed E-state index contributed by atoms with van der Waals surface area (Å²) in [7, 11) is 0. The highest BCUT2D eigenvalue weighted by atomic mass is 35.5. The number of nitrogens with two attached hydrogens (primary N) is 1. The molecule has 1 atom stereocenters. The van der Waals surface area contributed by atoms with E-state index in [1.807, 2.05) is 32.0 Å². The topological polar surface area (TPSA) is 26.0 Å². The van der Waals surface area contributed by atoms with E-state index in [0.29, 0.717) is 0 Å². The molecule has 0 aliphatic carbocycles. The third-order valence-electron chi connectivity index (χ3n) is 2.31. The Morgan fingerprint density at radius 1 is 1.47 bits per heavy atom. The zero-order valence-electron chi connectivity index (χ0n) is 9.18. The molecule has 0 amide bonds. The van der Waals surface area contributed by atoms with Gasteiger partial charge in [-0.1, -0.05) is 23.7 Å². The van der Waals surface area contributed by atoms with Gasteiger partial charge in [0.25, 0.3) is 0 Å². The minimum absolute atomic E-state index is 0.0149. The number of hydrogen-bond acceptors (Lipinski definition) is 1. The summed E-state index contributed by atoms with van der Waals surface area (Å²) in [6.45, 7) is 3.86. The Morgan fingerprint density at radius 3 is 2.80 bits per heavy atom. The standard InChI is InChI=1S/C13H16ClN/c1-3-4-5-6-13(15)11-8-7-10(2)9-12(11)14/h7-9,13H,5-6,15H2,1-2H3. The van der Waals surface area contributed by atoms with E-state index >= 15 is 0 Å². The number of benzene rings is 1. The molecule has 2 heteroatoms. The van der Waals surface area contributed by atoms with Gasteiger partial charge in [0.1, 0.15) is 0 Å². The molecule has 1 nitrogen and oxygen atoms in total. The van der Waals surface area contributed by atoms with Crippen LogP contribution in [0, 0.1) is 18.8 Å². The molecule has 0 spiro atoms. The smallest absolute Gasteiger partial charge is 0.0456 e. The molecular weight excluding hydrogens is 206 g/mol. The number of hydrogen-bond donors (Lipinski definition) is 1. The van der Waals surface area contributed by atoms with Crippen molar-refractivity contribution in [2.75, 3.05) is 0 Å². The molecule has 0 saturated carbocycles. The highest BCUT2D eigenvalue weighted by molar-refractivity contribution is 6.31. The maximum atomic E-state index is 6.12. The molecule has 0 heterocycles. The van der Waals surface area contributed by atoms with Gasteiger partial charge < -0.3 is 5.73 Å². The number of rotatable bonds is 3. The number of halogens is 1. The Morgan fingerprint density at radius 2 is 2.20 bits per heavy atom. The van der Waals surface area contributed by atoms with Gasteiger partial charge >= 0.3 is 0 Å². The van der Waals surface area contributed by atoms with Crippen LogP contribution < -0.4 is 5.73 Å². The molecule has 1 aromatic carbocycles. The molecule has 0 aliphatic rings. The van der Waals surface area contributed by atoms with Crippen LogP contribution in [0.4, 0.5) is 0 Å². The molecule has 1 aromatic rings. The highest BCUT2D eigenvalue weighted by Crippen LogP contribution is 2.25. The van der Waals surface area contributed by atoms with Crippen molar-refractivity contribution in [1.82, 2.24) is 0 Å². The van der Waals surface area contributed by atoms with Crippen LogP contribution in [-0.2, 0) is 0 Å². The maximum Gasteiger partial charge on any atom is 0.0456 e. The fourth-order valence-corrected chi connectivity index (χ4v) is 1.82. The van der Waals surface area contributed by atoms with E-state index in [1.165, 1.54) is 0 Å². The molecule has 0 saturated heterocycles. The summed E-state index contributed by atoms with van der Waals surface area (Å²) in [6.07, 6.45) is 1.67. The van der Waals surface area contributed by atoms with Crippen molar-refractivity contribution in [2.24, 2.45) is 5.73 Å². The summed E-state index contributed by atoms with van der Waals surface area (Å²) in [4.78, 5) is 0. The first-order valence-corrected chi connectivity index (χ1v) is 5.44. The summed E-state index contributed by atoms with van der Waals surface area (Å²) < 4.78 is 0. The zero-order chi connectivity index (χ0) is 11.3. The van der Waals surface area contributed by atoms with Crippen molar-refractivity contribution < 1.29 is 0 Å². The Kier molecular flexibility index (Phi) is 4.68. The van der Waals surface area contributed by atoms with E-state index in [9.17, 15) is 0 Å². The first-order valence-electron chi connectivity index (χ1n) is 5.06. The van der Waals surface area contributed by atoms with E-state index in [4.69, 9.17) is 17.3 Å². The SMILES string of the molecule is CC#CCCC(N)c1ccc(C)cc1Cl. The van der Waals surface area contributed by atoms with Crippen molar-refractivity contribution in [2.45, 2.75) is 32.7 Å². The monoisotopic (exact) mass is 221 g/mol. The Hall–Kier alpha value is -0.970. The second kappa shape index (κ2) is 5.80. The van der Waals surface area contributed by atoms with Gasteiger partial charge in [0, 0.05) is 17.5 Å². The summed E-state index contributed by atoms with van der Waals surface area (Å²) in [5.74, 6) is 5.87. The molecule has 0 fully saturated rings. The van der Waals surface area contributed by atoms with Crippen LogP contribution in [-0.4, -0.2) is 0 Å². The lowest BCUT2D eigenvalue weighted by atomic mass is 10.0. The third kappa shape index (κ3) is 3.58. The molecular formula is C13H16ClN. The third-order valence-corrected chi connectivity index (χ3v) is 2.64. The van der Waals surface area contributed by atoms with E-state index < -0.39 is 0 Å². The molecule has 1 rings (SSSR count). The minimum Gasteiger partial charge on any atom is -0.324 e. The molecule has 15 heavy (non-hydrogen) atoms. The molecule has 1 unspecified atom stereocenters. The quantitative estimate of drug-likeness (QED) is 0.778. The van der Waals surface area contributed by atoms with Gasteiger partial charge in [-0.15, -0.1) is 11.8 Å². The van der Waals surface area contributed by atoms with Crippen LogP contribution >= 0.6 is 11.6 Å². The summed E-state index contributed by atoms with van der Waals surface area (Å²) in [5.41, 5.74) is 8.21. The lowest BCUT2D eigenvalue weighted by Crippen LogP contribution is -2.10. The lowest BCUT2D eigenvalue weighted by molar-refractivity contribution is 0.667. The molecule has 0 aliphatic heterocycles. The van der Waals surface area contributed by atoms with Crippen LogP contribution in [0.25, 0.3) is 0 Å². The highest BCUT2D eigenvalue weighted by Gasteiger charge is 2.08. The normalized spacial score (nSPS) is 11.7. The van der Waals surface area contributed by atoms with E-state index in [1.54, 1.807) is 0 Å². The van der Waals surface area contributed by atoms with Gasteiger partial charge in [-0.3, -0.25) is 0 Å². The Balaban J connectivity index is 2.71. The average molecular weight is 222 g/mol. The fourth-order valence-electron chi connectivity index (χ4n) is 1.44. The van der Waals surface area contributed by atoms with Crippen molar-refractivity contribution in [3.8, 4) is 11.8 Å². The predicted octanol–water partition coefficient (Wildman–Crippen LogP) is 3.45. The van der Waals surface area contributed by atoms with Crippen molar-refractivity contribution in [3.05, 3.63) is 34.3 Å². The molecule has 0 bridgehead atoms. The van der Waals surface area contributed by atoms with Gasteiger partial charge in [-0.05, 0) is 37.5 Å². The summed E-state index contributed by atoms with van der Waals surface area (Å²) >= 11 is 6.12. The first-order chi connectivity index (χ1) is 7.15. The maximum absolute atomic E-state index is 6.12. The van der Waals surface area contributed by atoms with Gasteiger partial charge in [0.05, 0.1) is 0 Å². The Bertz CT molecular complexity index is 387. The van der Waals surface area contributed by atoms with Crippen LogP contribution in [0.5, 0.6) is 0 Å². The molecule has 2 N–H and O–H groups in total. The molecule has 0 radical (unpaired) electrons. The first kappa shape index (κ1) is 12.1. The predicted molar refractivity (Wildman–Crippen MR) is 65.8 cm³/mol. The lowest BCUT2D eigenvalue weighted by Gasteiger charge is -2.12. The largest absolute Gasteiger partial charge is 0.324 e. The average Bonchev–Trinajstić information content (AvgIpc) is 2.17. The summed E-state index contributed by atoms with van der Waals surface area (Å²) in [5, 5.41) is 0.756. The Labute approximate surface area is 96.6 Å². The van der Waals surface area contributed by atoms with Gasteiger partial charge in [0.2, 0.25) is 0 Å². The summed E-state index contributed by atoms with van der Waals surface area (Å²) in [6, 6.07) is 5.97. The molecule has 0 aromatic heterocycles. The van der Waals surface area contributed by atoms with Crippen LogP contribution in [0.3, 0.4) is 0 Å². The van der Waals surface area contributed by atoms with Crippen LogP contribution in [0.1, 0.15) is 36.9 Å². The van der Waals surface area contributed by atoms with Crippen LogP contribution in [0.15, 0.2) is 18.2 Å². The second-order valence-electron chi connectivity index (χ2n) is 3.60. The van der Waals surface area contributed by atoms with E-state index in [0.717, 1.165) is 29.0 Å². The van der Waals surface area contributed by atoms with Crippen molar-refractivity contribution in [3.63, 3.8) is 0 Å². The van der Waals surface area contributed by atoms with Crippen molar-refractivity contribution >= 4 is 11.6 Å². The van der Waals surface area contributed by atoms with Crippen molar-refractivity contribution in [1.29, 1.82) is 0 Å². The molecule has 80 valence electrons. The van der Waals surface area contributed by atoms with E-state index in [2.05, 4.69) is 11.8 Å². The number of aryl methyl sites for hydroxylation is 1. The van der Waals surface area contributed by atoms with E-state index in [-0.39, 0.29) is 6.04 Å². The zero-order valence-corrected chi connectivity index (χ0v) is 9.93. The minimum atomic E-state index is -0.0149. The fraction of sp³-hybridized carbons (Fsp3) is 0.385. The van der Waals surface area contributed by atoms with Gasteiger partial charge in [0.15, 0.2) is 0 Å².